The van der Waals surface area contributed by atoms with Crippen molar-refractivity contribution in [3.8, 4) is 0 Å². The molecule has 0 aliphatic rings. The number of thioether (sulfide) groups is 1. The predicted molar refractivity (Wildman–Crippen MR) is 113 cm³/mol. The molecule has 1 atom stereocenters. The van der Waals surface area contributed by atoms with Gasteiger partial charge < -0.3 is 15.1 Å². The number of carbonyl (C=O) groups excluding carboxylic acids is 2. The van der Waals surface area contributed by atoms with Crippen molar-refractivity contribution in [1.29, 1.82) is 0 Å². The van der Waals surface area contributed by atoms with Crippen molar-refractivity contribution in [2.24, 2.45) is 0 Å². The van der Waals surface area contributed by atoms with Gasteiger partial charge in [0.25, 0.3) is 11.6 Å². The molecular formula is C21H19N3O5S. The number of furan rings is 1. The Balaban J connectivity index is 1.52. The van der Waals surface area contributed by atoms with Crippen LogP contribution in [0.15, 0.2) is 76.2 Å². The summed E-state index contributed by atoms with van der Waals surface area (Å²) in [6, 6.07) is 16.4. The summed E-state index contributed by atoms with van der Waals surface area (Å²) in [5.74, 6) is -0.302. The second-order valence-corrected chi connectivity index (χ2v) is 7.77. The number of amides is 2. The smallest absolute Gasteiger partial charge is 0.291 e. The molecule has 0 radical (unpaired) electrons. The number of nitrogens with one attached hydrogen (secondary N) is 2. The Bertz CT molecular complexity index is 1040. The van der Waals surface area contributed by atoms with Crippen LogP contribution < -0.4 is 10.6 Å². The molecule has 3 rings (SSSR count). The first kappa shape index (κ1) is 21.1. The molecule has 9 heteroatoms. The third-order valence-corrected chi connectivity index (χ3v) is 5.24. The standard InChI is InChI=1S/C21H19N3O5S/c1-14(30-18-9-7-17(8-10-18)24(27)28)20(25)22-13-15-4-2-5-16(12-15)23-21(26)19-6-3-11-29-19/h2-12,14H,13H2,1H3,(H,22,25)(H,23,26). The molecule has 8 nitrogen and oxygen atoms in total. The first-order valence-electron chi connectivity index (χ1n) is 9.05. The van der Waals surface area contributed by atoms with Gasteiger partial charge in [0.05, 0.1) is 16.4 Å². The molecule has 1 unspecified atom stereocenters. The summed E-state index contributed by atoms with van der Waals surface area (Å²) in [4.78, 5) is 35.5. The highest BCUT2D eigenvalue weighted by Gasteiger charge is 2.15. The number of rotatable bonds is 8. The Hall–Kier alpha value is -3.59. The van der Waals surface area contributed by atoms with E-state index in [0.717, 1.165) is 10.5 Å². The monoisotopic (exact) mass is 425 g/mol. The molecule has 3 aromatic rings. The summed E-state index contributed by atoms with van der Waals surface area (Å²) in [5.41, 5.74) is 1.43. The highest BCUT2D eigenvalue weighted by atomic mass is 32.2. The Labute approximate surface area is 176 Å². The fourth-order valence-electron chi connectivity index (χ4n) is 2.60. The summed E-state index contributed by atoms with van der Waals surface area (Å²) in [6.07, 6.45) is 1.43. The molecule has 0 aliphatic carbocycles. The van der Waals surface area contributed by atoms with E-state index in [1.165, 1.54) is 30.2 Å². The van der Waals surface area contributed by atoms with E-state index in [-0.39, 0.29) is 28.5 Å². The van der Waals surface area contributed by atoms with Crippen molar-refractivity contribution in [2.45, 2.75) is 23.6 Å². The van der Waals surface area contributed by atoms with Gasteiger partial charge in [-0.2, -0.15) is 0 Å². The van der Waals surface area contributed by atoms with Gasteiger partial charge in [0, 0.05) is 29.3 Å². The maximum Gasteiger partial charge on any atom is 0.291 e. The van der Waals surface area contributed by atoms with Crippen LogP contribution in [0.4, 0.5) is 11.4 Å². The van der Waals surface area contributed by atoms with Gasteiger partial charge in [0.2, 0.25) is 5.91 Å². The van der Waals surface area contributed by atoms with Crippen molar-refractivity contribution in [2.75, 3.05) is 5.32 Å². The average molecular weight is 425 g/mol. The topological polar surface area (TPSA) is 114 Å². The third kappa shape index (κ3) is 5.71. The molecule has 2 aromatic carbocycles. The second-order valence-electron chi connectivity index (χ2n) is 6.36. The molecule has 154 valence electrons. The van der Waals surface area contributed by atoms with Crippen LogP contribution >= 0.6 is 11.8 Å². The van der Waals surface area contributed by atoms with Crippen LogP contribution in [-0.4, -0.2) is 22.0 Å². The van der Waals surface area contributed by atoms with Crippen LogP contribution in [-0.2, 0) is 11.3 Å². The van der Waals surface area contributed by atoms with Crippen molar-refractivity contribution in [1.82, 2.24) is 5.32 Å². The lowest BCUT2D eigenvalue weighted by atomic mass is 10.2. The molecule has 0 bridgehead atoms. The highest BCUT2D eigenvalue weighted by molar-refractivity contribution is 8.00. The zero-order chi connectivity index (χ0) is 21.5. The van der Waals surface area contributed by atoms with Crippen molar-refractivity contribution in [3.63, 3.8) is 0 Å². The minimum absolute atomic E-state index is 0.00970. The van der Waals surface area contributed by atoms with Crippen LogP contribution in [0.25, 0.3) is 0 Å². The van der Waals surface area contributed by atoms with E-state index in [4.69, 9.17) is 4.42 Å². The molecule has 0 saturated carbocycles. The molecule has 0 aliphatic heterocycles. The molecule has 0 spiro atoms. The largest absolute Gasteiger partial charge is 0.459 e. The van der Waals surface area contributed by atoms with E-state index in [9.17, 15) is 19.7 Å². The minimum atomic E-state index is -0.463. The van der Waals surface area contributed by atoms with E-state index in [2.05, 4.69) is 10.6 Å². The summed E-state index contributed by atoms with van der Waals surface area (Å²) in [5, 5.41) is 15.9. The number of carbonyl (C=O) groups is 2. The van der Waals surface area contributed by atoms with E-state index >= 15 is 0 Å². The van der Waals surface area contributed by atoms with E-state index in [1.807, 2.05) is 6.07 Å². The van der Waals surface area contributed by atoms with Gasteiger partial charge in [-0.3, -0.25) is 19.7 Å². The molecule has 1 aromatic heterocycles. The molecule has 2 N–H and O–H groups in total. The summed E-state index contributed by atoms with van der Waals surface area (Å²) >= 11 is 1.32. The predicted octanol–water partition coefficient (Wildman–Crippen LogP) is 4.24. The average Bonchev–Trinajstić information content (AvgIpc) is 3.28. The van der Waals surface area contributed by atoms with Gasteiger partial charge in [-0.15, -0.1) is 11.8 Å². The van der Waals surface area contributed by atoms with E-state index in [1.54, 1.807) is 49.4 Å². The fraction of sp³-hybridized carbons (Fsp3) is 0.143. The van der Waals surface area contributed by atoms with E-state index in [0.29, 0.717) is 12.2 Å². The molecular weight excluding hydrogens is 406 g/mol. The highest BCUT2D eigenvalue weighted by Crippen LogP contribution is 2.25. The van der Waals surface area contributed by atoms with Gasteiger partial charge in [-0.05, 0) is 48.9 Å². The van der Waals surface area contributed by atoms with Crippen LogP contribution in [0.5, 0.6) is 0 Å². The summed E-state index contributed by atoms with van der Waals surface area (Å²) < 4.78 is 5.07. The molecule has 1 heterocycles. The Morgan fingerprint density at radius 2 is 1.90 bits per heavy atom. The normalized spacial score (nSPS) is 11.5. The maximum atomic E-state index is 12.4. The van der Waals surface area contributed by atoms with Gasteiger partial charge in [-0.25, -0.2) is 0 Å². The van der Waals surface area contributed by atoms with Crippen LogP contribution in [0.3, 0.4) is 0 Å². The summed E-state index contributed by atoms with van der Waals surface area (Å²) in [6.45, 7) is 2.07. The number of non-ortho nitro benzene ring substituents is 1. The van der Waals surface area contributed by atoms with Crippen LogP contribution in [0.1, 0.15) is 23.0 Å². The number of benzene rings is 2. The van der Waals surface area contributed by atoms with Crippen LogP contribution in [0, 0.1) is 10.1 Å². The van der Waals surface area contributed by atoms with E-state index < -0.39 is 4.92 Å². The third-order valence-electron chi connectivity index (χ3n) is 4.13. The van der Waals surface area contributed by atoms with Gasteiger partial charge >= 0.3 is 0 Å². The zero-order valence-electron chi connectivity index (χ0n) is 16.0. The zero-order valence-corrected chi connectivity index (χ0v) is 16.8. The SMILES string of the molecule is CC(Sc1ccc([N+](=O)[O-])cc1)C(=O)NCc1cccc(NC(=O)c2ccco2)c1. The van der Waals surface area contributed by atoms with Crippen molar-refractivity contribution < 1.29 is 18.9 Å². The van der Waals surface area contributed by atoms with Crippen molar-refractivity contribution in [3.05, 3.63) is 88.4 Å². The Kier molecular flexibility index (Phi) is 6.87. The molecule has 0 fully saturated rings. The fourth-order valence-corrected chi connectivity index (χ4v) is 3.49. The molecule has 30 heavy (non-hydrogen) atoms. The van der Waals surface area contributed by atoms with Gasteiger partial charge in [0.15, 0.2) is 5.76 Å². The second kappa shape index (κ2) is 9.75. The number of nitrogens with zero attached hydrogens (tertiary/aromatic N) is 1. The number of hydrogen-bond donors (Lipinski definition) is 2. The Morgan fingerprint density at radius 3 is 2.57 bits per heavy atom. The maximum absolute atomic E-state index is 12.4. The molecule has 0 saturated heterocycles. The first-order valence-corrected chi connectivity index (χ1v) is 9.93. The minimum Gasteiger partial charge on any atom is -0.459 e. The number of anilines is 1. The summed E-state index contributed by atoms with van der Waals surface area (Å²) in [7, 11) is 0. The van der Waals surface area contributed by atoms with Crippen LogP contribution in [0.2, 0.25) is 0 Å². The quantitative estimate of drug-likeness (QED) is 0.317. The number of nitro groups is 1. The lowest BCUT2D eigenvalue weighted by Crippen LogP contribution is -2.30. The van der Waals surface area contributed by atoms with Crippen molar-refractivity contribution >= 4 is 35.0 Å². The number of hydrogen-bond acceptors (Lipinski definition) is 6. The van der Waals surface area contributed by atoms with Gasteiger partial charge in [-0.1, -0.05) is 12.1 Å². The first-order chi connectivity index (χ1) is 14.4. The lowest BCUT2D eigenvalue weighted by Gasteiger charge is -2.12. The molecule has 2 amide bonds. The lowest BCUT2D eigenvalue weighted by molar-refractivity contribution is -0.384. The Morgan fingerprint density at radius 1 is 1.13 bits per heavy atom. The van der Waals surface area contributed by atoms with Gasteiger partial charge in [0.1, 0.15) is 0 Å². The number of nitro benzene ring substituents is 1.